The van der Waals surface area contributed by atoms with E-state index < -0.39 is 5.60 Å². The van der Waals surface area contributed by atoms with E-state index in [0.29, 0.717) is 30.4 Å². The third-order valence-electron chi connectivity index (χ3n) is 5.79. The lowest BCUT2D eigenvalue weighted by atomic mass is 9.91. The zero-order chi connectivity index (χ0) is 18.1. The Labute approximate surface area is 152 Å². The summed E-state index contributed by atoms with van der Waals surface area (Å²) in [5.74, 6) is 0.931. The Morgan fingerprint density at radius 1 is 1.12 bits per heavy atom. The Kier molecular flexibility index (Phi) is 4.51. The lowest BCUT2D eigenvalue weighted by Crippen LogP contribution is -2.34. The third kappa shape index (κ3) is 3.64. The summed E-state index contributed by atoms with van der Waals surface area (Å²) in [4.78, 5) is 28.2. The van der Waals surface area contributed by atoms with Gasteiger partial charge in [0.15, 0.2) is 5.78 Å². The number of fused-ring (bicyclic) bond motifs is 1. The first kappa shape index (κ1) is 17.2. The van der Waals surface area contributed by atoms with E-state index >= 15 is 0 Å². The largest absolute Gasteiger partial charge is 0.390 e. The fourth-order valence-corrected chi connectivity index (χ4v) is 4.69. The molecule has 0 spiro atoms. The van der Waals surface area contributed by atoms with E-state index in [9.17, 15) is 14.7 Å². The van der Waals surface area contributed by atoms with Gasteiger partial charge in [-0.25, -0.2) is 0 Å². The molecular weight excluding hydrogens is 328 g/mol. The van der Waals surface area contributed by atoms with Gasteiger partial charge in [0.2, 0.25) is 5.56 Å². The Hall–Kier alpha value is -2.24. The molecule has 2 aromatic rings. The van der Waals surface area contributed by atoms with Crippen LogP contribution in [-0.2, 0) is 6.42 Å². The summed E-state index contributed by atoms with van der Waals surface area (Å²) in [6.07, 6.45) is 3.79. The van der Waals surface area contributed by atoms with Gasteiger partial charge in [0.1, 0.15) is 0 Å². The van der Waals surface area contributed by atoms with Gasteiger partial charge in [-0.05, 0) is 36.3 Å². The maximum atomic E-state index is 12.4. The predicted octanol–water partition coefficient (Wildman–Crippen LogP) is 1.87. The number of pyridine rings is 1. The number of rotatable bonds is 5. The number of hydrogen-bond donors (Lipinski definition) is 2. The topological polar surface area (TPSA) is 73.4 Å². The molecule has 5 heteroatoms. The molecule has 1 saturated carbocycles. The van der Waals surface area contributed by atoms with Gasteiger partial charge < -0.3 is 10.1 Å². The lowest BCUT2D eigenvalue weighted by molar-refractivity contribution is 0.0355. The van der Waals surface area contributed by atoms with Crippen LogP contribution in [0.1, 0.15) is 28.8 Å². The first-order valence-electron chi connectivity index (χ1n) is 9.21. The molecule has 1 aliphatic heterocycles. The Balaban J connectivity index is 1.34. The van der Waals surface area contributed by atoms with Crippen molar-refractivity contribution in [3.05, 3.63) is 70.1 Å². The third-order valence-corrected chi connectivity index (χ3v) is 5.79. The second-order valence-corrected chi connectivity index (χ2v) is 7.87. The summed E-state index contributed by atoms with van der Waals surface area (Å²) >= 11 is 0. The molecule has 2 atom stereocenters. The van der Waals surface area contributed by atoms with Crippen molar-refractivity contribution in [2.24, 2.45) is 11.8 Å². The molecule has 0 radical (unpaired) electrons. The maximum Gasteiger partial charge on any atom is 0.247 e. The first-order valence-corrected chi connectivity index (χ1v) is 9.21. The number of aromatic nitrogens is 1. The van der Waals surface area contributed by atoms with Crippen molar-refractivity contribution in [3.63, 3.8) is 0 Å². The summed E-state index contributed by atoms with van der Waals surface area (Å²) in [6, 6.07) is 13.1. The molecule has 2 aliphatic rings. The molecule has 2 N–H and O–H groups in total. The van der Waals surface area contributed by atoms with Crippen LogP contribution in [0.3, 0.4) is 0 Å². The van der Waals surface area contributed by atoms with Gasteiger partial charge in [0.25, 0.3) is 0 Å². The minimum Gasteiger partial charge on any atom is -0.390 e. The fourth-order valence-electron chi connectivity index (χ4n) is 4.69. The molecule has 0 unspecified atom stereocenters. The second kappa shape index (κ2) is 6.82. The summed E-state index contributed by atoms with van der Waals surface area (Å²) in [6.45, 7) is 2.09. The lowest BCUT2D eigenvalue weighted by Gasteiger charge is -2.26. The number of carbonyl (C=O) groups is 1. The molecule has 2 heterocycles. The predicted molar refractivity (Wildman–Crippen MR) is 99.1 cm³/mol. The van der Waals surface area contributed by atoms with Crippen LogP contribution in [0.4, 0.5) is 0 Å². The molecule has 2 fully saturated rings. The average molecular weight is 352 g/mol. The summed E-state index contributed by atoms with van der Waals surface area (Å²) in [7, 11) is 0. The second-order valence-electron chi connectivity index (χ2n) is 7.87. The molecule has 1 aromatic heterocycles. The number of ketones is 1. The van der Waals surface area contributed by atoms with Gasteiger partial charge in [0, 0.05) is 37.3 Å². The van der Waals surface area contributed by atoms with Crippen LogP contribution in [0, 0.1) is 11.8 Å². The van der Waals surface area contributed by atoms with Crippen LogP contribution in [0.2, 0.25) is 0 Å². The van der Waals surface area contributed by atoms with Crippen LogP contribution in [-0.4, -0.2) is 46.0 Å². The van der Waals surface area contributed by atoms with Gasteiger partial charge in [-0.2, -0.15) is 0 Å². The van der Waals surface area contributed by atoms with E-state index in [1.54, 1.807) is 6.07 Å². The van der Waals surface area contributed by atoms with Crippen molar-refractivity contribution >= 4 is 5.78 Å². The minimum atomic E-state index is -0.619. The highest BCUT2D eigenvalue weighted by molar-refractivity contribution is 5.97. The Morgan fingerprint density at radius 3 is 2.42 bits per heavy atom. The van der Waals surface area contributed by atoms with E-state index in [-0.39, 0.29) is 11.3 Å². The van der Waals surface area contributed by atoms with Crippen LogP contribution >= 0.6 is 0 Å². The molecule has 1 aromatic carbocycles. The zero-order valence-electron chi connectivity index (χ0n) is 14.7. The van der Waals surface area contributed by atoms with Gasteiger partial charge >= 0.3 is 0 Å². The number of aliphatic hydroxyl groups is 1. The quantitative estimate of drug-likeness (QED) is 0.806. The molecule has 0 bridgehead atoms. The summed E-state index contributed by atoms with van der Waals surface area (Å²) in [5, 5.41) is 11.0. The molecule has 1 aliphatic carbocycles. The summed E-state index contributed by atoms with van der Waals surface area (Å²) < 4.78 is 0. The van der Waals surface area contributed by atoms with Gasteiger partial charge in [0.05, 0.1) is 12.1 Å². The Bertz CT molecular complexity index is 811. The highest BCUT2D eigenvalue weighted by Crippen LogP contribution is 2.45. The maximum absolute atomic E-state index is 12.4. The molecule has 1 saturated heterocycles. The number of H-pyrrole nitrogens is 1. The van der Waals surface area contributed by atoms with Gasteiger partial charge in [-0.15, -0.1) is 0 Å². The van der Waals surface area contributed by atoms with Crippen molar-refractivity contribution in [2.45, 2.75) is 24.9 Å². The number of nitrogens with one attached hydrogen (secondary N) is 1. The average Bonchev–Trinajstić information content (AvgIpc) is 3.10. The summed E-state index contributed by atoms with van der Waals surface area (Å²) in [5.41, 5.74) is 0.906. The number of nitrogens with zero attached hydrogens (tertiary/aromatic N) is 1. The molecular formula is C21H24N2O3. The molecule has 26 heavy (non-hydrogen) atoms. The van der Waals surface area contributed by atoms with Crippen molar-refractivity contribution < 1.29 is 9.90 Å². The number of Topliss-reactive ketones (excluding diaryl/α,β-unsaturated/α-hetero) is 1. The van der Waals surface area contributed by atoms with E-state index in [1.165, 1.54) is 17.8 Å². The first-order chi connectivity index (χ1) is 12.5. The van der Waals surface area contributed by atoms with Crippen molar-refractivity contribution in [2.75, 3.05) is 19.6 Å². The van der Waals surface area contributed by atoms with Crippen LogP contribution in [0.15, 0.2) is 53.5 Å². The minimum absolute atomic E-state index is 0.0285. The monoisotopic (exact) mass is 352 g/mol. The Morgan fingerprint density at radius 2 is 1.81 bits per heavy atom. The number of benzene rings is 1. The van der Waals surface area contributed by atoms with Crippen molar-refractivity contribution in [1.29, 1.82) is 0 Å². The van der Waals surface area contributed by atoms with Crippen molar-refractivity contribution in [1.82, 2.24) is 9.88 Å². The standard InChI is InChI=1S/C21H24N2O3/c24-19(16-6-7-20(25)22-11-16)14-23-12-17-9-21(26,10-18(17)13-23)8-15-4-2-1-3-5-15/h1-7,11,17-18,26H,8-10,12-14H2,(H,22,25)/t17-,18-/m0/s1. The van der Waals surface area contributed by atoms with Crippen LogP contribution in [0.25, 0.3) is 0 Å². The van der Waals surface area contributed by atoms with Crippen LogP contribution < -0.4 is 5.56 Å². The molecule has 0 amide bonds. The number of likely N-dealkylation sites (tertiary alicyclic amines) is 1. The number of hydrogen-bond acceptors (Lipinski definition) is 4. The molecule has 5 nitrogen and oxygen atoms in total. The van der Waals surface area contributed by atoms with E-state index in [4.69, 9.17) is 0 Å². The SMILES string of the molecule is O=C(CN1C[C@@H]2CC(O)(Cc3ccccc3)C[C@H]2C1)c1ccc(=O)[nH]c1. The van der Waals surface area contributed by atoms with E-state index in [1.807, 2.05) is 18.2 Å². The zero-order valence-corrected chi connectivity index (χ0v) is 14.7. The normalized spacial score (nSPS) is 24.5. The van der Waals surface area contributed by atoms with E-state index in [2.05, 4.69) is 22.0 Å². The van der Waals surface area contributed by atoms with Gasteiger partial charge in [-0.3, -0.25) is 14.5 Å². The number of carbonyl (C=O) groups excluding carboxylic acids is 1. The number of aromatic amines is 1. The smallest absolute Gasteiger partial charge is 0.247 e. The van der Waals surface area contributed by atoms with Gasteiger partial charge in [-0.1, -0.05) is 30.3 Å². The van der Waals surface area contributed by atoms with Crippen molar-refractivity contribution in [3.8, 4) is 0 Å². The van der Waals surface area contributed by atoms with Crippen LogP contribution in [0.5, 0.6) is 0 Å². The highest BCUT2D eigenvalue weighted by Gasteiger charge is 2.48. The van der Waals surface area contributed by atoms with E-state index in [0.717, 1.165) is 25.9 Å². The molecule has 136 valence electrons. The highest BCUT2D eigenvalue weighted by atomic mass is 16.3. The fraction of sp³-hybridized carbons (Fsp3) is 0.429. The molecule has 4 rings (SSSR count).